The van der Waals surface area contributed by atoms with Gasteiger partial charge < -0.3 is 10.2 Å². The van der Waals surface area contributed by atoms with Crippen LogP contribution in [0.15, 0.2) is 0 Å². The summed E-state index contributed by atoms with van der Waals surface area (Å²) in [6.45, 7) is 10.3. The van der Waals surface area contributed by atoms with Crippen LogP contribution < -0.4 is 5.32 Å². The second-order valence-electron chi connectivity index (χ2n) is 5.04. The first-order chi connectivity index (χ1) is 7.06. The predicted molar refractivity (Wildman–Crippen MR) is 62.8 cm³/mol. The number of hydrogen-bond donors (Lipinski definition) is 1. The molecule has 1 fully saturated rings. The fourth-order valence-corrected chi connectivity index (χ4v) is 1.73. The first-order valence-electron chi connectivity index (χ1n) is 6.07. The molecule has 0 saturated carbocycles. The van der Waals surface area contributed by atoms with E-state index in [0.29, 0.717) is 0 Å². The number of rotatable bonds is 5. The highest BCUT2D eigenvalue weighted by Crippen LogP contribution is 2.19. The summed E-state index contributed by atoms with van der Waals surface area (Å²) in [5.74, 6) is 0.184. The Balaban J connectivity index is 2.16. The quantitative estimate of drug-likeness (QED) is 0.751. The van der Waals surface area contributed by atoms with E-state index in [4.69, 9.17) is 0 Å². The summed E-state index contributed by atoms with van der Waals surface area (Å²) >= 11 is 0. The molecular weight excluding hydrogens is 188 g/mol. The smallest absolute Gasteiger partial charge is 0.225 e. The van der Waals surface area contributed by atoms with Crippen LogP contribution in [0.2, 0.25) is 0 Å². The minimum absolute atomic E-state index is 0.184. The van der Waals surface area contributed by atoms with Gasteiger partial charge in [-0.25, -0.2) is 0 Å². The van der Waals surface area contributed by atoms with Gasteiger partial charge in [-0.3, -0.25) is 4.79 Å². The van der Waals surface area contributed by atoms with Gasteiger partial charge in [0.05, 0.1) is 0 Å². The van der Waals surface area contributed by atoms with Gasteiger partial charge in [0.2, 0.25) is 5.91 Å². The Bertz CT molecular complexity index is 208. The number of nitrogens with zero attached hydrogens (tertiary/aromatic N) is 1. The minimum Gasteiger partial charge on any atom is -0.354 e. The van der Waals surface area contributed by atoms with Crippen LogP contribution in [0.5, 0.6) is 0 Å². The molecule has 1 amide bonds. The molecule has 0 aromatic carbocycles. The maximum Gasteiger partial charge on any atom is 0.225 e. The molecule has 1 heterocycles. The molecule has 3 heteroatoms. The Kier molecular flexibility index (Phi) is 4.58. The fraction of sp³-hybridized carbons (Fsp3) is 0.917. The molecule has 1 aliphatic heterocycles. The third-order valence-corrected chi connectivity index (χ3v) is 3.41. The van der Waals surface area contributed by atoms with Gasteiger partial charge in [-0.05, 0) is 32.4 Å². The molecule has 3 nitrogen and oxygen atoms in total. The van der Waals surface area contributed by atoms with Crippen LogP contribution in [0.3, 0.4) is 0 Å². The highest BCUT2D eigenvalue weighted by atomic mass is 16.2. The van der Waals surface area contributed by atoms with Gasteiger partial charge in [0.15, 0.2) is 0 Å². The highest BCUT2D eigenvalue weighted by Gasteiger charge is 2.24. The van der Waals surface area contributed by atoms with E-state index in [9.17, 15) is 4.79 Å². The van der Waals surface area contributed by atoms with Crippen LogP contribution in [-0.2, 0) is 4.79 Å². The van der Waals surface area contributed by atoms with Crippen molar-refractivity contribution in [3.8, 4) is 0 Å². The lowest BCUT2D eigenvalue weighted by Crippen LogP contribution is -2.40. The molecule has 0 spiro atoms. The lowest BCUT2D eigenvalue weighted by Gasteiger charge is -2.22. The van der Waals surface area contributed by atoms with E-state index in [1.165, 1.54) is 25.9 Å². The first kappa shape index (κ1) is 12.5. The molecule has 0 unspecified atom stereocenters. The van der Waals surface area contributed by atoms with Gasteiger partial charge in [0.1, 0.15) is 0 Å². The topological polar surface area (TPSA) is 32.3 Å². The molecule has 1 saturated heterocycles. The second kappa shape index (κ2) is 5.50. The van der Waals surface area contributed by atoms with Gasteiger partial charge in [-0.2, -0.15) is 0 Å². The van der Waals surface area contributed by atoms with Crippen LogP contribution >= 0.6 is 0 Å². The van der Waals surface area contributed by atoms with Crippen molar-refractivity contribution in [1.29, 1.82) is 0 Å². The van der Waals surface area contributed by atoms with Gasteiger partial charge >= 0.3 is 0 Å². The number of nitrogens with one attached hydrogen (secondary N) is 1. The van der Waals surface area contributed by atoms with Crippen LogP contribution in [0, 0.1) is 5.41 Å². The van der Waals surface area contributed by atoms with Crippen molar-refractivity contribution in [2.75, 3.05) is 26.2 Å². The summed E-state index contributed by atoms with van der Waals surface area (Å²) in [5.41, 5.74) is -0.217. The Labute approximate surface area is 93.2 Å². The Morgan fingerprint density at radius 1 is 1.33 bits per heavy atom. The fourth-order valence-electron chi connectivity index (χ4n) is 1.73. The van der Waals surface area contributed by atoms with Gasteiger partial charge in [0.25, 0.3) is 0 Å². The van der Waals surface area contributed by atoms with E-state index >= 15 is 0 Å². The molecule has 0 atom stereocenters. The SMILES string of the molecule is CCC(C)(C)C(=O)NCCN1CCCC1. The third kappa shape index (κ3) is 3.82. The highest BCUT2D eigenvalue weighted by molar-refractivity contribution is 5.81. The van der Waals surface area contributed by atoms with E-state index in [2.05, 4.69) is 17.1 Å². The summed E-state index contributed by atoms with van der Waals surface area (Å²) in [5, 5.41) is 3.02. The molecule has 1 rings (SSSR count). The largest absolute Gasteiger partial charge is 0.354 e. The zero-order valence-electron chi connectivity index (χ0n) is 10.3. The molecule has 1 aliphatic rings. The summed E-state index contributed by atoms with van der Waals surface area (Å²) in [4.78, 5) is 14.2. The maximum atomic E-state index is 11.7. The molecule has 1 N–H and O–H groups in total. The monoisotopic (exact) mass is 212 g/mol. The molecule has 15 heavy (non-hydrogen) atoms. The van der Waals surface area contributed by atoms with Crippen LogP contribution in [0.4, 0.5) is 0 Å². The molecule has 0 radical (unpaired) electrons. The van der Waals surface area contributed by atoms with Crippen molar-refractivity contribution in [1.82, 2.24) is 10.2 Å². The Morgan fingerprint density at radius 2 is 1.93 bits per heavy atom. The lowest BCUT2D eigenvalue weighted by molar-refractivity contribution is -0.129. The van der Waals surface area contributed by atoms with Crippen LogP contribution in [0.1, 0.15) is 40.0 Å². The van der Waals surface area contributed by atoms with Crippen molar-refractivity contribution in [3.05, 3.63) is 0 Å². The average molecular weight is 212 g/mol. The van der Waals surface area contributed by atoms with Crippen molar-refractivity contribution in [2.45, 2.75) is 40.0 Å². The van der Waals surface area contributed by atoms with Gasteiger partial charge in [-0.15, -0.1) is 0 Å². The molecule has 0 bridgehead atoms. The number of carbonyl (C=O) groups is 1. The second-order valence-corrected chi connectivity index (χ2v) is 5.04. The van der Waals surface area contributed by atoms with E-state index in [1.54, 1.807) is 0 Å². The zero-order valence-corrected chi connectivity index (χ0v) is 10.3. The van der Waals surface area contributed by atoms with E-state index < -0.39 is 0 Å². The van der Waals surface area contributed by atoms with Crippen molar-refractivity contribution in [3.63, 3.8) is 0 Å². The average Bonchev–Trinajstić information content (AvgIpc) is 2.70. The van der Waals surface area contributed by atoms with Crippen molar-refractivity contribution >= 4 is 5.91 Å². The number of amides is 1. The predicted octanol–water partition coefficient (Wildman–Crippen LogP) is 1.63. The third-order valence-electron chi connectivity index (χ3n) is 3.41. The lowest BCUT2D eigenvalue weighted by atomic mass is 9.89. The molecular formula is C12H24N2O. The van der Waals surface area contributed by atoms with Gasteiger partial charge in [-0.1, -0.05) is 20.8 Å². The summed E-state index contributed by atoms with van der Waals surface area (Å²) in [6.07, 6.45) is 3.52. The summed E-state index contributed by atoms with van der Waals surface area (Å²) in [6, 6.07) is 0. The van der Waals surface area contributed by atoms with Gasteiger partial charge in [0, 0.05) is 18.5 Å². The zero-order chi connectivity index (χ0) is 11.3. The van der Waals surface area contributed by atoms with E-state index in [-0.39, 0.29) is 11.3 Å². The van der Waals surface area contributed by atoms with Crippen molar-refractivity contribution < 1.29 is 4.79 Å². The Morgan fingerprint density at radius 3 is 2.47 bits per heavy atom. The molecule has 0 aliphatic carbocycles. The standard InChI is InChI=1S/C12H24N2O/c1-4-12(2,3)11(15)13-7-10-14-8-5-6-9-14/h4-10H2,1-3H3,(H,13,15). The number of likely N-dealkylation sites (tertiary alicyclic amines) is 1. The van der Waals surface area contributed by atoms with Crippen LogP contribution in [0.25, 0.3) is 0 Å². The van der Waals surface area contributed by atoms with E-state index in [0.717, 1.165) is 19.5 Å². The number of carbonyl (C=O) groups excluding carboxylic acids is 1. The van der Waals surface area contributed by atoms with E-state index in [1.807, 2.05) is 13.8 Å². The maximum absolute atomic E-state index is 11.7. The Hall–Kier alpha value is -0.570. The van der Waals surface area contributed by atoms with Crippen LogP contribution in [-0.4, -0.2) is 37.0 Å². The normalized spacial score (nSPS) is 18.1. The molecule has 0 aromatic rings. The minimum atomic E-state index is -0.217. The number of hydrogen-bond acceptors (Lipinski definition) is 2. The molecule has 88 valence electrons. The summed E-state index contributed by atoms with van der Waals surface area (Å²) < 4.78 is 0. The van der Waals surface area contributed by atoms with Crippen molar-refractivity contribution in [2.24, 2.45) is 5.41 Å². The first-order valence-corrected chi connectivity index (χ1v) is 6.07. The summed E-state index contributed by atoms with van der Waals surface area (Å²) in [7, 11) is 0. The molecule has 0 aromatic heterocycles.